The number of anilines is 2. The molecule has 0 spiro atoms. The van der Waals surface area contributed by atoms with E-state index in [-0.39, 0.29) is 6.04 Å². The van der Waals surface area contributed by atoms with Gasteiger partial charge in [0.1, 0.15) is 18.0 Å². The number of nitrogens with one attached hydrogen (secondary N) is 1. The molecule has 1 unspecified atom stereocenters. The minimum absolute atomic E-state index is 0.227. The van der Waals surface area contributed by atoms with Gasteiger partial charge in [-0.1, -0.05) is 6.42 Å². The van der Waals surface area contributed by atoms with Crippen LogP contribution in [0.25, 0.3) is 0 Å². The van der Waals surface area contributed by atoms with Crippen LogP contribution in [0.1, 0.15) is 26.2 Å². The monoisotopic (exact) mass is 249 g/mol. The molecule has 0 aliphatic heterocycles. The molecule has 0 aromatic carbocycles. The SMILES string of the molecule is CC(CN)Nc1cc(N(C)CC2CCC2)ncn1. The zero-order valence-corrected chi connectivity index (χ0v) is 11.3. The van der Waals surface area contributed by atoms with E-state index < -0.39 is 0 Å². The Morgan fingerprint density at radius 2 is 2.28 bits per heavy atom. The first kappa shape index (κ1) is 13.1. The Hall–Kier alpha value is -1.36. The third kappa shape index (κ3) is 3.32. The summed E-state index contributed by atoms with van der Waals surface area (Å²) in [7, 11) is 2.09. The van der Waals surface area contributed by atoms with Crippen LogP contribution in [0.2, 0.25) is 0 Å². The molecule has 1 aromatic rings. The largest absolute Gasteiger partial charge is 0.366 e. The van der Waals surface area contributed by atoms with Gasteiger partial charge in [-0.15, -0.1) is 0 Å². The fourth-order valence-electron chi connectivity index (χ4n) is 2.10. The number of rotatable bonds is 6. The molecule has 1 saturated carbocycles. The van der Waals surface area contributed by atoms with Crippen LogP contribution in [-0.2, 0) is 0 Å². The maximum absolute atomic E-state index is 5.59. The van der Waals surface area contributed by atoms with Crippen LogP contribution in [0.4, 0.5) is 11.6 Å². The molecule has 0 bridgehead atoms. The van der Waals surface area contributed by atoms with Crippen molar-refractivity contribution in [2.45, 2.75) is 32.2 Å². The van der Waals surface area contributed by atoms with Crippen LogP contribution in [0.3, 0.4) is 0 Å². The van der Waals surface area contributed by atoms with Crippen molar-refractivity contribution >= 4 is 11.6 Å². The van der Waals surface area contributed by atoms with Crippen LogP contribution in [0.15, 0.2) is 12.4 Å². The van der Waals surface area contributed by atoms with Crippen molar-refractivity contribution in [3.63, 3.8) is 0 Å². The number of aromatic nitrogens is 2. The average Bonchev–Trinajstić information content (AvgIpc) is 2.33. The van der Waals surface area contributed by atoms with Crippen molar-refractivity contribution in [3.05, 3.63) is 12.4 Å². The summed E-state index contributed by atoms with van der Waals surface area (Å²) in [5, 5.41) is 3.27. The summed E-state index contributed by atoms with van der Waals surface area (Å²) < 4.78 is 0. The van der Waals surface area contributed by atoms with Crippen molar-refractivity contribution in [1.29, 1.82) is 0 Å². The van der Waals surface area contributed by atoms with Gasteiger partial charge in [0.15, 0.2) is 0 Å². The third-order valence-corrected chi connectivity index (χ3v) is 3.55. The van der Waals surface area contributed by atoms with Gasteiger partial charge in [0.25, 0.3) is 0 Å². The highest BCUT2D eigenvalue weighted by molar-refractivity contribution is 5.48. The van der Waals surface area contributed by atoms with Crippen molar-refractivity contribution < 1.29 is 0 Å². The average molecular weight is 249 g/mol. The molecule has 1 aliphatic carbocycles. The van der Waals surface area contributed by atoms with Gasteiger partial charge in [0.05, 0.1) is 0 Å². The minimum atomic E-state index is 0.227. The molecule has 1 aromatic heterocycles. The van der Waals surface area contributed by atoms with Crippen LogP contribution in [-0.4, -0.2) is 36.1 Å². The second-order valence-electron chi connectivity index (χ2n) is 5.22. The highest BCUT2D eigenvalue weighted by Crippen LogP contribution is 2.28. The first-order chi connectivity index (χ1) is 8.69. The first-order valence-corrected chi connectivity index (χ1v) is 6.69. The standard InChI is InChI=1S/C13H23N5/c1-10(7-14)17-12-6-13(16-9-15-12)18(2)8-11-4-3-5-11/h6,9-11H,3-5,7-8,14H2,1-2H3,(H,15,16,17). The van der Waals surface area contributed by atoms with Gasteiger partial charge in [-0.3, -0.25) is 0 Å². The summed E-state index contributed by atoms with van der Waals surface area (Å²) in [6.45, 7) is 3.72. The summed E-state index contributed by atoms with van der Waals surface area (Å²) >= 11 is 0. The number of nitrogens with zero attached hydrogens (tertiary/aromatic N) is 3. The summed E-state index contributed by atoms with van der Waals surface area (Å²) in [4.78, 5) is 10.8. The van der Waals surface area contributed by atoms with E-state index >= 15 is 0 Å². The summed E-state index contributed by atoms with van der Waals surface area (Å²) in [5.74, 6) is 2.66. The Labute approximate surface area is 109 Å². The van der Waals surface area contributed by atoms with E-state index in [9.17, 15) is 0 Å². The molecule has 0 radical (unpaired) electrons. The van der Waals surface area contributed by atoms with Gasteiger partial charge in [-0.25, -0.2) is 9.97 Å². The number of hydrogen-bond donors (Lipinski definition) is 2. The van der Waals surface area contributed by atoms with Crippen molar-refractivity contribution in [2.24, 2.45) is 11.7 Å². The molecule has 1 aliphatic rings. The Balaban J connectivity index is 1.96. The number of nitrogens with two attached hydrogens (primary N) is 1. The molecule has 5 nitrogen and oxygen atoms in total. The smallest absolute Gasteiger partial charge is 0.133 e. The summed E-state index contributed by atoms with van der Waals surface area (Å²) in [6, 6.07) is 2.22. The lowest BCUT2D eigenvalue weighted by atomic mass is 9.85. The van der Waals surface area contributed by atoms with Gasteiger partial charge in [-0.2, -0.15) is 0 Å². The van der Waals surface area contributed by atoms with Gasteiger partial charge in [0.2, 0.25) is 0 Å². The third-order valence-electron chi connectivity index (χ3n) is 3.55. The topological polar surface area (TPSA) is 67.1 Å². The van der Waals surface area contributed by atoms with E-state index in [1.807, 2.05) is 13.0 Å². The van der Waals surface area contributed by atoms with E-state index in [1.165, 1.54) is 19.3 Å². The van der Waals surface area contributed by atoms with Gasteiger partial charge in [0, 0.05) is 32.2 Å². The van der Waals surface area contributed by atoms with E-state index in [1.54, 1.807) is 6.33 Å². The Morgan fingerprint density at radius 1 is 1.50 bits per heavy atom. The molecule has 18 heavy (non-hydrogen) atoms. The molecule has 0 saturated heterocycles. The highest BCUT2D eigenvalue weighted by Gasteiger charge is 2.19. The summed E-state index contributed by atoms with van der Waals surface area (Å²) in [5.41, 5.74) is 5.59. The molecule has 100 valence electrons. The first-order valence-electron chi connectivity index (χ1n) is 6.69. The molecule has 0 amide bonds. The van der Waals surface area contributed by atoms with Gasteiger partial charge < -0.3 is 16.0 Å². The summed E-state index contributed by atoms with van der Waals surface area (Å²) in [6.07, 6.45) is 5.69. The van der Waals surface area contributed by atoms with Crippen LogP contribution in [0, 0.1) is 5.92 Å². The lowest BCUT2D eigenvalue weighted by Crippen LogP contribution is -2.30. The van der Waals surface area contributed by atoms with E-state index in [0.29, 0.717) is 6.54 Å². The molecule has 2 rings (SSSR count). The van der Waals surface area contributed by atoms with E-state index in [2.05, 4.69) is 27.2 Å². The van der Waals surface area contributed by atoms with Crippen LogP contribution < -0.4 is 16.0 Å². The Morgan fingerprint density at radius 3 is 2.89 bits per heavy atom. The second-order valence-corrected chi connectivity index (χ2v) is 5.22. The van der Waals surface area contributed by atoms with Gasteiger partial charge in [-0.05, 0) is 25.7 Å². The second kappa shape index (κ2) is 6.00. The predicted octanol–water partition coefficient (Wildman–Crippen LogP) is 1.47. The quantitative estimate of drug-likeness (QED) is 0.799. The lowest BCUT2D eigenvalue weighted by Gasteiger charge is -2.30. The maximum Gasteiger partial charge on any atom is 0.133 e. The maximum atomic E-state index is 5.59. The zero-order valence-electron chi connectivity index (χ0n) is 11.3. The molecule has 1 atom stereocenters. The normalized spacial score (nSPS) is 17.1. The van der Waals surface area contributed by atoms with Crippen molar-refractivity contribution in [1.82, 2.24) is 9.97 Å². The van der Waals surface area contributed by atoms with Gasteiger partial charge >= 0.3 is 0 Å². The molecular formula is C13H23N5. The Kier molecular flexibility index (Phi) is 4.36. The highest BCUT2D eigenvalue weighted by atomic mass is 15.2. The van der Waals surface area contributed by atoms with Crippen LogP contribution in [0.5, 0.6) is 0 Å². The Bertz CT molecular complexity index is 377. The van der Waals surface area contributed by atoms with E-state index in [0.717, 1.165) is 24.1 Å². The fraction of sp³-hybridized carbons (Fsp3) is 0.692. The minimum Gasteiger partial charge on any atom is -0.366 e. The zero-order chi connectivity index (χ0) is 13.0. The number of hydrogen-bond acceptors (Lipinski definition) is 5. The molecule has 5 heteroatoms. The van der Waals surface area contributed by atoms with Crippen molar-refractivity contribution in [3.8, 4) is 0 Å². The molecule has 3 N–H and O–H groups in total. The fourth-order valence-corrected chi connectivity index (χ4v) is 2.10. The molecule has 1 heterocycles. The van der Waals surface area contributed by atoms with Crippen LogP contribution >= 0.6 is 0 Å². The molecule has 1 fully saturated rings. The molecular weight excluding hydrogens is 226 g/mol. The van der Waals surface area contributed by atoms with E-state index in [4.69, 9.17) is 5.73 Å². The lowest BCUT2D eigenvalue weighted by molar-refractivity contribution is 0.321. The van der Waals surface area contributed by atoms with Crippen molar-refractivity contribution in [2.75, 3.05) is 30.4 Å². The predicted molar refractivity (Wildman–Crippen MR) is 74.8 cm³/mol.